The predicted molar refractivity (Wildman–Crippen MR) is 80.6 cm³/mol. The topological polar surface area (TPSA) is 68.0 Å². The zero-order chi connectivity index (χ0) is 14.1. The number of carbonyl (C=O) groups is 1. The van der Waals surface area contributed by atoms with Gasteiger partial charge in [0.15, 0.2) is 0 Å². The Kier molecular flexibility index (Phi) is 3.45. The number of thioether (sulfide) groups is 1. The summed E-state index contributed by atoms with van der Waals surface area (Å²) >= 11 is 2.98. The summed E-state index contributed by atoms with van der Waals surface area (Å²) in [7, 11) is 0. The first-order valence-electron chi connectivity index (χ1n) is 5.84. The summed E-state index contributed by atoms with van der Waals surface area (Å²) in [5.74, 6) is -0.125. The van der Waals surface area contributed by atoms with E-state index in [0.717, 1.165) is 16.0 Å². The molecule has 0 spiro atoms. The van der Waals surface area contributed by atoms with E-state index in [0.29, 0.717) is 16.3 Å². The minimum atomic E-state index is -0.125. The first kappa shape index (κ1) is 13.1. The number of pyridine rings is 1. The summed E-state index contributed by atoms with van der Waals surface area (Å²) in [6, 6.07) is 3.76. The van der Waals surface area contributed by atoms with Crippen LogP contribution >= 0.6 is 23.1 Å². The molecule has 0 saturated carbocycles. The molecule has 5 nitrogen and oxygen atoms in total. The molecule has 0 bridgehead atoms. The average molecular weight is 305 g/mol. The third kappa shape index (κ3) is 2.30. The van der Waals surface area contributed by atoms with Crippen molar-refractivity contribution in [2.75, 3.05) is 11.6 Å². The van der Waals surface area contributed by atoms with Crippen LogP contribution in [-0.2, 0) is 0 Å². The Morgan fingerprint density at radius 2 is 2.35 bits per heavy atom. The molecular formula is C13H11N3O2S2. The molecule has 3 rings (SSSR count). The van der Waals surface area contributed by atoms with Crippen LogP contribution in [-0.4, -0.2) is 22.3 Å². The Labute approximate surface area is 123 Å². The van der Waals surface area contributed by atoms with Crippen molar-refractivity contribution in [3.05, 3.63) is 34.3 Å². The summed E-state index contributed by atoms with van der Waals surface area (Å²) in [5.41, 5.74) is 1.86. The summed E-state index contributed by atoms with van der Waals surface area (Å²) in [4.78, 5) is 18.0. The molecule has 3 heterocycles. The van der Waals surface area contributed by atoms with Crippen LogP contribution in [0.2, 0.25) is 0 Å². The van der Waals surface area contributed by atoms with Gasteiger partial charge in [0.2, 0.25) is 0 Å². The van der Waals surface area contributed by atoms with Crippen molar-refractivity contribution in [3.63, 3.8) is 0 Å². The third-order valence-corrected chi connectivity index (χ3v) is 4.65. The molecule has 0 aliphatic carbocycles. The van der Waals surface area contributed by atoms with E-state index < -0.39 is 0 Å². The summed E-state index contributed by atoms with van der Waals surface area (Å²) in [5, 5.41) is 9.41. The van der Waals surface area contributed by atoms with Crippen LogP contribution < -0.4 is 5.32 Å². The van der Waals surface area contributed by atoms with E-state index in [1.165, 1.54) is 11.3 Å². The minimum Gasteiger partial charge on any atom is -0.336 e. The number of hydrogen-bond donors (Lipinski definition) is 1. The highest BCUT2D eigenvalue weighted by Gasteiger charge is 2.14. The highest BCUT2D eigenvalue weighted by atomic mass is 32.2. The van der Waals surface area contributed by atoms with Crippen LogP contribution in [0, 0.1) is 6.92 Å². The maximum Gasteiger partial charge on any atom is 0.266 e. The fourth-order valence-corrected chi connectivity index (χ4v) is 3.47. The van der Waals surface area contributed by atoms with E-state index >= 15 is 0 Å². The predicted octanol–water partition coefficient (Wildman–Crippen LogP) is 3.57. The third-order valence-electron chi connectivity index (χ3n) is 2.82. The Morgan fingerprint density at radius 3 is 3.15 bits per heavy atom. The van der Waals surface area contributed by atoms with E-state index in [2.05, 4.69) is 15.5 Å². The van der Waals surface area contributed by atoms with Gasteiger partial charge in [0.25, 0.3) is 11.6 Å². The lowest BCUT2D eigenvalue weighted by Crippen LogP contribution is -2.11. The van der Waals surface area contributed by atoms with Crippen molar-refractivity contribution < 1.29 is 9.32 Å². The number of thiophene rings is 1. The summed E-state index contributed by atoms with van der Waals surface area (Å²) < 4.78 is 5.04. The molecule has 0 fully saturated rings. The van der Waals surface area contributed by atoms with E-state index in [4.69, 9.17) is 4.52 Å². The second kappa shape index (κ2) is 5.26. The van der Waals surface area contributed by atoms with Gasteiger partial charge >= 0.3 is 0 Å². The maximum atomic E-state index is 12.2. The van der Waals surface area contributed by atoms with Crippen molar-refractivity contribution >= 4 is 45.8 Å². The SMILES string of the molecule is CSc1ccsc1C(=O)Nc1cnc2onc(C)c2c1. The quantitative estimate of drug-likeness (QED) is 0.749. The number of aryl methyl sites for hydroxylation is 1. The number of amides is 1. The number of rotatable bonds is 3. The smallest absolute Gasteiger partial charge is 0.266 e. The Hall–Kier alpha value is -1.86. The molecular weight excluding hydrogens is 294 g/mol. The zero-order valence-electron chi connectivity index (χ0n) is 10.8. The molecule has 3 aromatic rings. The largest absolute Gasteiger partial charge is 0.336 e. The fourth-order valence-electron chi connectivity index (χ4n) is 1.83. The van der Waals surface area contributed by atoms with Gasteiger partial charge < -0.3 is 9.84 Å². The van der Waals surface area contributed by atoms with Crippen molar-refractivity contribution in [1.82, 2.24) is 10.1 Å². The molecule has 1 N–H and O–H groups in total. The molecule has 1 amide bonds. The Balaban J connectivity index is 1.89. The highest BCUT2D eigenvalue weighted by molar-refractivity contribution is 7.98. The van der Waals surface area contributed by atoms with Crippen LogP contribution in [0.1, 0.15) is 15.4 Å². The molecule has 102 valence electrons. The number of nitrogens with zero attached hydrogens (tertiary/aromatic N) is 2. The van der Waals surface area contributed by atoms with Gasteiger partial charge in [-0.05, 0) is 30.7 Å². The molecule has 7 heteroatoms. The van der Waals surface area contributed by atoms with E-state index in [1.54, 1.807) is 18.0 Å². The van der Waals surface area contributed by atoms with E-state index in [-0.39, 0.29) is 5.91 Å². The number of anilines is 1. The average Bonchev–Trinajstić information content (AvgIpc) is 3.06. The lowest BCUT2D eigenvalue weighted by Gasteiger charge is -2.04. The van der Waals surface area contributed by atoms with Crippen LogP contribution in [0.5, 0.6) is 0 Å². The zero-order valence-corrected chi connectivity index (χ0v) is 12.5. The number of fused-ring (bicyclic) bond motifs is 1. The van der Waals surface area contributed by atoms with E-state index in [1.807, 2.05) is 30.7 Å². The lowest BCUT2D eigenvalue weighted by molar-refractivity contribution is 0.102. The number of hydrogen-bond acceptors (Lipinski definition) is 6. The van der Waals surface area contributed by atoms with Crippen molar-refractivity contribution in [2.45, 2.75) is 11.8 Å². The standard InChI is InChI=1S/C13H11N3O2S2/c1-7-9-5-8(6-14-13(9)18-16-7)15-12(17)11-10(19-2)3-4-20-11/h3-6H,1-2H3,(H,15,17). The second-order valence-electron chi connectivity index (χ2n) is 4.12. The van der Waals surface area contributed by atoms with Gasteiger partial charge in [-0.15, -0.1) is 23.1 Å². The number of aromatic nitrogens is 2. The number of nitrogens with one attached hydrogen (secondary N) is 1. The second-order valence-corrected chi connectivity index (χ2v) is 5.88. The fraction of sp³-hybridized carbons (Fsp3) is 0.154. The van der Waals surface area contributed by atoms with Gasteiger partial charge in [-0.25, -0.2) is 4.98 Å². The molecule has 3 aromatic heterocycles. The van der Waals surface area contributed by atoms with Gasteiger partial charge in [0.1, 0.15) is 4.88 Å². The van der Waals surface area contributed by atoms with Gasteiger partial charge in [-0.2, -0.15) is 0 Å². The summed E-state index contributed by atoms with van der Waals surface area (Å²) in [6.07, 6.45) is 3.52. The summed E-state index contributed by atoms with van der Waals surface area (Å²) in [6.45, 7) is 1.84. The monoisotopic (exact) mass is 305 g/mol. The molecule has 0 atom stereocenters. The first-order valence-corrected chi connectivity index (χ1v) is 7.94. The molecule has 0 aliphatic rings. The van der Waals surface area contributed by atoms with Crippen molar-refractivity contribution in [1.29, 1.82) is 0 Å². The molecule has 0 aliphatic heterocycles. The molecule has 0 radical (unpaired) electrons. The highest BCUT2D eigenvalue weighted by Crippen LogP contribution is 2.27. The van der Waals surface area contributed by atoms with Crippen LogP contribution in [0.15, 0.2) is 33.1 Å². The van der Waals surface area contributed by atoms with Gasteiger partial charge in [-0.1, -0.05) is 5.16 Å². The maximum absolute atomic E-state index is 12.2. The van der Waals surface area contributed by atoms with Crippen LogP contribution in [0.3, 0.4) is 0 Å². The van der Waals surface area contributed by atoms with Crippen LogP contribution in [0.25, 0.3) is 11.1 Å². The molecule has 0 unspecified atom stereocenters. The van der Waals surface area contributed by atoms with Gasteiger partial charge in [0.05, 0.1) is 23.0 Å². The normalized spacial score (nSPS) is 10.9. The van der Waals surface area contributed by atoms with Crippen molar-refractivity contribution in [3.8, 4) is 0 Å². The van der Waals surface area contributed by atoms with Gasteiger partial charge in [-0.3, -0.25) is 4.79 Å². The van der Waals surface area contributed by atoms with E-state index in [9.17, 15) is 4.79 Å². The minimum absolute atomic E-state index is 0.125. The van der Waals surface area contributed by atoms with Crippen molar-refractivity contribution in [2.24, 2.45) is 0 Å². The Bertz CT molecular complexity index is 779. The van der Waals surface area contributed by atoms with Gasteiger partial charge in [0, 0.05) is 4.90 Å². The first-order chi connectivity index (χ1) is 9.69. The Morgan fingerprint density at radius 1 is 1.50 bits per heavy atom. The number of carbonyl (C=O) groups excluding carboxylic acids is 1. The lowest BCUT2D eigenvalue weighted by atomic mass is 10.2. The molecule has 0 saturated heterocycles. The molecule has 0 aromatic carbocycles. The molecule has 20 heavy (non-hydrogen) atoms. The van der Waals surface area contributed by atoms with Crippen LogP contribution in [0.4, 0.5) is 5.69 Å².